The summed E-state index contributed by atoms with van der Waals surface area (Å²) < 4.78 is 32.9. The molecule has 2 aromatic rings. The molecule has 1 aliphatic rings. The molecule has 1 N–H and O–H groups in total. The third kappa shape index (κ3) is 5.07. The number of sulfonamides is 1. The maximum Gasteiger partial charge on any atom is 0.243 e. The summed E-state index contributed by atoms with van der Waals surface area (Å²) >= 11 is 0. The lowest BCUT2D eigenvalue weighted by Gasteiger charge is -2.33. The molecule has 7 nitrogen and oxygen atoms in total. The number of Topliss-reactive ketones (excluding diaryl/α,β-unsaturated/α-hetero) is 1. The van der Waals surface area contributed by atoms with E-state index in [1.165, 1.54) is 4.31 Å². The van der Waals surface area contributed by atoms with Crippen molar-refractivity contribution in [3.63, 3.8) is 0 Å². The Balaban J connectivity index is 1.59. The van der Waals surface area contributed by atoms with Crippen LogP contribution in [0.5, 0.6) is 5.75 Å². The van der Waals surface area contributed by atoms with Gasteiger partial charge in [0.25, 0.3) is 0 Å². The largest absolute Gasteiger partial charge is 0.491 e. The number of ether oxygens (including phenoxy) is 1. The van der Waals surface area contributed by atoms with E-state index in [1.807, 2.05) is 38.7 Å². The molecule has 2 heterocycles. The number of H-pyrrole nitrogens is 1. The molecule has 8 heteroatoms. The topological polar surface area (TPSA) is 82.7 Å². The van der Waals surface area contributed by atoms with Gasteiger partial charge in [-0.2, -0.15) is 4.31 Å². The van der Waals surface area contributed by atoms with Gasteiger partial charge in [-0.15, -0.1) is 0 Å². The first-order chi connectivity index (χ1) is 13.7. The Morgan fingerprint density at radius 3 is 2.24 bits per heavy atom. The zero-order chi connectivity index (χ0) is 21.2. The van der Waals surface area contributed by atoms with Gasteiger partial charge in [-0.25, -0.2) is 8.42 Å². The number of carbonyl (C=O) groups is 1. The quantitative estimate of drug-likeness (QED) is 0.698. The molecule has 0 saturated carbocycles. The number of nitrogens with zero attached hydrogens (tertiary/aromatic N) is 2. The second kappa shape index (κ2) is 8.69. The lowest BCUT2D eigenvalue weighted by Crippen LogP contribution is -2.49. The van der Waals surface area contributed by atoms with Gasteiger partial charge < -0.3 is 9.72 Å². The summed E-state index contributed by atoms with van der Waals surface area (Å²) in [5.74, 6) is 0.710. The van der Waals surface area contributed by atoms with Crippen molar-refractivity contribution >= 4 is 15.8 Å². The van der Waals surface area contributed by atoms with E-state index >= 15 is 0 Å². The fourth-order valence-electron chi connectivity index (χ4n) is 3.54. The number of benzene rings is 1. The Morgan fingerprint density at radius 1 is 1.10 bits per heavy atom. The SMILES string of the molecule is Cc1cc(C(=O)CN2CCN(S(=O)(=O)c3ccc(OC(C)C)cc3)CC2)c(C)[nH]1. The molecular formula is C21H29N3O4S. The van der Waals surface area contributed by atoms with Crippen molar-refractivity contribution in [2.24, 2.45) is 0 Å². The Bertz CT molecular complexity index is 956. The minimum absolute atomic E-state index is 0.0345. The Morgan fingerprint density at radius 2 is 1.72 bits per heavy atom. The predicted molar refractivity (Wildman–Crippen MR) is 112 cm³/mol. The van der Waals surface area contributed by atoms with Gasteiger partial charge in [0, 0.05) is 43.1 Å². The van der Waals surface area contributed by atoms with Crippen molar-refractivity contribution in [2.45, 2.75) is 38.7 Å². The van der Waals surface area contributed by atoms with Crippen molar-refractivity contribution in [1.82, 2.24) is 14.2 Å². The fourth-order valence-corrected chi connectivity index (χ4v) is 4.96. The van der Waals surface area contributed by atoms with Gasteiger partial charge in [0.2, 0.25) is 10.0 Å². The van der Waals surface area contributed by atoms with Crippen LogP contribution in [0.25, 0.3) is 0 Å². The van der Waals surface area contributed by atoms with Gasteiger partial charge in [-0.05, 0) is 58.0 Å². The van der Waals surface area contributed by atoms with Crippen LogP contribution < -0.4 is 4.74 Å². The summed E-state index contributed by atoms with van der Waals surface area (Å²) in [5.41, 5.74) is 2.55. The van der Waals surface area contributed by atoms with Crippen molar-refractivity contribution < 1.29 is 17.9 Å². The number of hydrogen-bond acceptors (Lipinski definition) is 5. The van der Waals surface area contributed by atoms with E-state index in [9.17, 15) is 13.2 Å². The highest BCUT2D eigenvalue weighted by Crippen LogP contribution is 2.21. The van der Waals surface area contributed by atoms with E-state index < -0.39 is 10.0 Å². The van der Waals surface area contributed by atoms with Crippen LogP contribution in [0.3, 0.4) is 0 Å². The predicted octanol–water partition coefficient (Wildman–Crippen LogP) is 2.61. The number of carbonyl (C=O) groups excluding carboxylic acids is 1. The molecule has 0 atom stereocenters. The van der Waals surface area contributed by atoms with E-state index in [0.29, 0.717) is 44.0 Å². The van der Waals surface area contributed by atoms with Gasteiger partial charge in [0.1, 0.15) is 5.75 Å². The van der Waals surface area contributed by atoms with Crippen molar-refractivity contribution in [3.05, 3.63) is 47.3 Å². The van der Waals surface area contributed by atoms with E-state index in [2.05, 4.69) is 4.98 Å². The Hall–Kier alpha value is -2.16. The minimum atomic E-state index is -3.55. The van der Waals surface area contributed by atoms with Crippen molar-refractivity contribution in [3.8, 4) is 5.75 Å². The van der Waals surface area contributed by atoms with Crippen LogP contribution in [-0.2, 0) is 10.0 Å². The number of aryl methyl sites for hydroxylation is 2. The van der Waals surface area contributed by atoms with Gasteiger partial charge >= 0.3 is 0 Å². The highest BCUT2D eigenvalue weighted by molar-refractivity contribution is 7.89. The number of nitrogens with one attached hydrogen (secondary N) is 1. The highest BCUT2D eigenvalue weighted by Gasteiger charge is 2.29. The molecule has 0 unspecified atom stereocenters. The molecule has 0 amide bonds. The zero-order valence-corrected chi connectivity index (χ0v) is 18.3. The van der Waals surface area contributed by atoms with Gasteiger partial charge in [0.15, 0.2) is 5.78 Å². The average molecular weight is 420 g/mol. The van der Waals surface area contributed by atoms with Crippen LogP contribution in [0, 0.1) is 13.8 Å². The molecule has 1 aliphatic heterocycles. The monoisotopic (exact) mass is 419 g/mol. The second-order valence-corrected chi connectivity index (χ2v) is 9.67. The summed E-state index contributed by atoms with van der Waals surface area (Å²) in [6.07, 6.45) is 0.0345. The van der Waals surface area contributed by atoms with Crippen LogP contribution >= 0.6 is 0 Å². The molecule has 0 aliphatic carbocycles. The third-order valence-corrected chi connectivity index (χ3v) is 6.89. The molecule has 158 valence electrons. The molecule has 0 bridgehead atoms. The smallest absolute Gasteiger partial charge is 0.243 e. The molecule has 1 aromatic carbocycles. The number of ketones is 1. The minimum Gasteiger partial charge on any atom is -0.491 e. The summed E-state index contributed by atoms with van der Waals surface area (Å²) in [5, 5.41) is 0. The third-order valence-electron chi connectivity index (χ3n) is 4.98. The van der Waals surface area contributed by atoms with Gasteiger partial charge in [-0.3, -0.25) is 9.69 Å². The van der Waals surface area contributed by atoms with Crippen molar-refractivity contribution in [1.29, 1.82) is 0 Å². The van der Waals surface area contributed by atoms with Crippen LogP contribution in [0.15, 0.2) is 35.2 Å². The van der Waals surface area contributed by atoms with E-state index in [-0.39, 0.29) is 16.8 Å². The van der Waals surface area contributed by atoms with Crippen LogP contribution in [0.2, 0.25) is 0 Å². The number of rotatable bonds is 7. The summed E-state index contributed by atoms with van der Waals surface area (Å²) in [4.78, 5) is 18.0. The zero-order valence-electron chi connectivity index (χ0n) is 17.4. The highest BCUT2D eigenvalue weighted by atomic mass is 32.2. The summed E-state index contributed by atoms with van der Waals surface area (Å²) in [6.45, 7) is 9.76. The first kappa shape index (κ1) is 21.5. The maximum absolute atomic E-state index is 12.9. The Kier molecular flexibility index (Phi) is 6.45. The van der Waals surface area contributed by atoms with Crippen LogP contribution in [0.4, 0.5) is 0 Å². The standard InChI is InChI=1S/C21H29N3O4S/c1-15(2)28-18-5-7-19(8-6-18)29(26,27)24-11-9-23(10-12-24)14-21(25)20-13-16(3)22-17(20)4/h5-8,13,15,22H,9-12,14H2,1-4H3. The van der Waals surface area contributed by atoms with Crippen LogP contribution in [-0.4, -0.2) is 67.2 Å². The first-order valence-electron chi connectivity index (χ1n) is 9.85. The summed E-state index contributed by atoms with van der Waals surface area (Å²) in [7, 11) is -3.55. The maximum atomic E-state index is 12.9. The molecule has 0 radical (unpaired) electrons. The normalized spacial score (nSPS) is 16.3. The lowest BCUT2D eigenvalue weighted by molar-refractivity contribution is 0.0901. The Labute approximate surface area is 172 Å². The molecular weight excluding hydrogens is 390 g/mol. The molecule has 3 rings (SSSR count). The van der Waals surface area contributed by atoms with Crippen molar-refractivity contribution in [2.75, 3.05) is 32.7 Å². The summed E-state index contributed by atoms with van der Waals surface area (Å²) in [6, 6.07) is 8.40. The lowest BCUT2D eigenvalue weighted by atomic mass is 10.1. The fraction of sp³-hybridized carbons (Fsp3) is 0.476. The van der Waals surface area contributed by atoms with E-state index in [4.69, 9.17) is 4.74 Å². The molecule has 29 heavy (non-hydrogen) atoms. The molecule has 1 aromatic heterocycles. The average Bonchev–Trinajstić information content (AvgIpc) is 3.00. The van der Waals surface area contributed by atoms with Crippen LogP contribution in [0.1, 0.15) is 35.6 Å². The van der Waals surface area contributed by atoms with E-state index in [0.717, 1.165) is 11.4 Å². The van der Waals surface area contributed by atoms with E-state index in [1.54, 1.807) is 24.3 Å². The van der Waals surface area contributed by atoms with Gasteiger partial charge in [-0.1, -0.05) is 0 Å². The number of aromatic amines is 1. The molecule has 1 saturated heterocycles. The number of hydrogen-bond donors (Lipinski definition) is 1. The number of aromatic nitrogens is 1. The number of piperazine rings is 1. The first-order valence-corrected chi connectivity index (χ1v) is 11.3. The van der Waals surface area contributed by atoms with Gasteiger partial charge in [0.05, 0.1) is 17.5 Å². The molecule has 0 spiro atoms. The second-order valence-electron chi connectivity index (χ2n) is 7.73. The molecule has 1 fully saturated rings.